The molecule has 3 aromatic rings. The zero-order valence-corrected chi connectivity index (χ0v) is 16.3. The monoisotopic (exact) mass is 397 g/mol. The third-order valence-corrected chi connectivity index (χ3v) is 5.72. The molecule has 0 saturated heterocycles. The predicted octanol–water partition coefficient (Wildman–Crippen LogP) is 2.51. The van der Waals surface area contributed by atoms with Crippen LogP contribution in [0.2, 0.25) is 0 Å². The van der Waals surface area contributed by atoms with E-state index in [2.05, 4.69) is 22.0 Å². The van der Waals surface area contributed by atoms with E-state index in [0.717, 1.165) is 22.7 Å². The molecule has 2 aromatic heterocycles. The van der Waals surface area contributed by atoms with E-state index < -0.39 is 5.97 Å². The van der Waals surface area contributed by atoms with E-state index >= 15 is 0 Å². The zero-order valence-electron chi connectivity index (χ0n) is 15.5. The molecule has 144 valence electrons. The number of amides is 1. The van der Waals surface area contributed by atoms with Gasteiger partial charge in [0.1, 0.15) is 0 Å². The van der Waals surface area contributed by atoms with Crippen LogP contribution >= 0.6 is 11.8 Å². The molecule has 4 rings (SSSR count). The van der Waals surface area contributed by atoms with Gasteiger partial charge in [0.05, 0.1) is 5.69 Å². The lowest BCUT2D eigenvalue weighted by Gasteiger charge is -2.22. The topological polar surface area (TPSA) is 89.7 Å². The highest BCUT2D eigenvalue weighted by atomic mass is 32.2. The Morgan fingerprint density at radius 3 is 2.93 bits per heavy atom. The molecule has 0 radical (unpaired) electrons. The molecule has 1 aromatic carbocycles. The Labute approximate surface area is 165 Å². The van der Waals surface area contributed by atoms with E-state index in [4.69, 9.17) is 4.74 Å². The van der Waals surface area contributed by atoms with Crippen molar-refractivity contribution in [1.82, 2.24) is 19.6 Å². The van der Waals surface area contributed by atoms with Gasteiger partial charge in [-0.1, -0.05) is 19.1 Å². The lowest BCUT2D eigenvalue weighted by molar-refractivity contribution is -0.121. The number of thioether (sulfide) groups is 1. The van der Waals surface area contributed by atoms with Gasteiger partial charge in [-0.05, 0) is 31.5 Å². The summed E-state index contributed by atoms with van der Waals surface area (Å²) >= 11 is 1.75. The lowest BCUT2D eigenvalue weighted by atomic mass is 10.2. The summed E-state index contributed by atoms with van der Waals surface area (Å²) in [5, 5.41) is 4.51. The normalized spacial score (nSPS) is 16.5. The molecule has 0 fully saturated rings. The summed E-state index contributed by atoms with van der Waals surface area (Å²) in [7, 11) is 0. The van der Waals surface area contributed by atoms with Crippen molar-refractivity contribution < 1.29 is 14.3 Å². The lowest BCUT2D eigenvalue weighted by Crippen LogP contribution is -2.35. The van der Waals surface area contributed by atoms with Crippen molar-refractivity contribution in [3.05, 3.63) is 48.0 Å². The van der Waals surface area contributed by atoms with Crippen LogP contribution in [0.25, 0.3) is 5.78 Å². The number of hydrogen-bond donors (Lipinski definition) is 0. The fourth-order valence-electron chi connectivity index (χ4n) is 3.01. The van der Waals surface area contributed by atoms with Crippen molar-refractivity contribution >= 4 is 35.1 Å². The SMILES string of the molecule is Cc1ccnc2nc(C(=O)OCC(=O)N3CCC(C)Sc4ccccc43)nn12. The van der Waals surface area contributed by atoms with E-state index in [1.165, 1.54) is 4.52 Å². The Hall–Kier alpha value is -2.94. The number of ether oxygens (including phenoxy) is 1. The Kier molecular flexibility index (Phi) is 4.99. The van der Waals surface area contributed by atoms with Gasteiger partial charge in [0, 0.05) is 28.6 Å². The molecule has 1 aliphatic rings. The first kappa shape index (κ1) is 18.4. The summed E-state index contributed by atoms with van der Waals surface area (Å²) < 4.78 is 6.65. The number of benzene rings is 1. The molecule has 8 nitrogen and oxygen atoms in total. The summed E-state index contributed by atoms with van der Waals surface area (Å²) in [5.41, 5.74) is 1.64. The van der Waals surface area contributed by atoms with E-state index in [1.807, 2.05) is 31.2 Å². The van der Waals surface area contributed by atoms with Crippen LogP contribution in [0.3, 0.4) is 0 Å². The van der Waals surface area contributed by atoms with Crippen molar-refractivity contribution in [3.8, 4) is 0 Å². The summed E-state index contributed by atoms with van der Waals surface area (Å²) in [6.07, 6.45) is 2.45. The second kappa shape index (κ2) is 7.59. The number of aromatic nitrogens is 4. The van der Waals surface area contributed by atoms with Crippen LogP contribution in [-0.4, -0.2) is 49.9 Å². The minimum atomic E-state index is -0.746. The molecular formula is C19H19N5O3S. The standard InChI is InChI=1S/C19H19N5O3S/c1-12-7-9-20-19-21-17(22-24(12)19)18(26)27-11-16(25)23-10-8-13(2)28-15-6-4-3-5-14(15)23/h3-7,9,13H,8,10-11H2,1-2H3. The fraction of sp³-hybridized carbons (Fsp3) is 0.316. The largest absolute Gasteiger partial charge is 0.450 e. The predicted molar refractivity (Wildman–Crippen MR) is 105 cm³/mol. The highest BCUT2D eigenvalue weighted by Gasteiger charge is 2.25. The number of aryl methyl sites for hydroxylation is 1. The van der Waals surface area contributed by atoms with Crippen molar-refractivity contribution in [2.45, 2.75) is 30.4 Å². The number of para-hydroxylation sites is 1. The van der Waals surface area contributed by atoms with E-state index in [9.17, 15) is 9.59 Å². The Bertz CT molecular complexity index is 1050. The summed E-state index contributed by atoms with van der Waals surface area (Å²) in [6, 6.07) is 9.54. The van der Waals surface area contributed by atoms with Gasteiger partial charge < -0.3 is 9.64 Å². The number of esters is 1. The number of carbonyl (C=O) groups excluding carboxylic acids is 2. The van der Waals surface area contributed by atoms with Crippen molar-refractivity contribution in [2.24, 2.45) is 0 Å². The average Bonchev–Trinajstić information content (AvgIpc) is 3.05. The Balaban J connectivity index is 1.48. The third kappa shape index (κ3) is 3.57. The van der Waals surface area contributed by atoms with Crippen molar-refractivity contribution in [2.75, 3.05) is 18.1 Å². The molecule has 0 aliphatic carbocycles. The number of anilines is 1. The molecule has 0 saturated carbocycles. The summed E-state index contributed by atoms with van der Waals surface area (Å²) in [5.74, 6) is -0.821. The van der Waals surface area contributed by atoms with Gasteiger partial charge in [0.15, 0.2) is 6.61 Å². The van der Waals surface area contributed by atoms with Gasteiger partial charge in [-0.25, -0.2) is 14.3 Å². The van der Waals surface area contributed by atoms with Gasteiger partial charge in [-0.15, -0.1) is 16.9 Å². The molecule has 0 spiro atoms. The zero-order chi connectivity index (χ0) is 19.7. The average molecular weight is 397 g/mol. The van der Waals surface area contributed by atoms with Gasteiger partial charge in [-0.3, -0.25) is 4.79 Å². The molecular weight excluding hydrogens is 378 g/mol. The molecule has 1 amide bonds. The van der Waals surface area contributed by atoms with Crippen LogP contribution in [0.1, 0.15) is 29.7 Å². The van der Waals surface area contributed by atoms with Crippen molar-refractivity contribution in [1.29, 1.82) is 0 Å². The molecule has 0 N–H and O–H groups in total. The highest BCUT2D eigenvalue weighted by molar-refractivity contribution is 8.00. The van der Waals surface area contributed by atoms with E-state index in [1.54, 1.807) is 28.9 Å². The minimum absolute atomic E-state index is 0.116. The minimum Gasteiger partial charge on any atom is -0.450 e. The number of fused-ring (bicyclic) bond motifs is 2. The van der Waals surface area contributed by atoms with Crippen LogP contribution in [0.15, 0.2) is 41.4 Å². The van der Waals surface area contributed by atoms with Crippen molar-refractivity contribution in [3.63, 3.8) is 0 Å². The quantitative estimate of drug-likeness (QED) is 0.627. The van der Waals surface area contributed by atoms with Gasteiger partial charge in [0.2, 0.25) is 0 Å². The van der Waals surface area contributed by atoms with Crippen LogP contribution in [0.5, 0.6) is 0 Å². The van der Waals surface area contributed by atoms with Gasteiger partial charge >= 0.3 is 5.97 Å². The number of carbonyl (C=O) groups is 2. The maximum absolute atomic E-state index is 12.8. The smallest absolute Gasteiger partial charge is 0.378 e. The Morgan fingerprint density at radius 1 is 1.29 bits per heavy atom. The van der Waals surface area contributed by atoms with Gasteiger partial charge in [-0.2, -0.15) is 4.98 Å². The molecule has 1 aliphatic heterocycles. The second-order valence-corrected chi connectivity index (χ2v) is 8.02. The first-order chi connectivity index (χ1) is 13.5. The number of hydrogen-bond acceptors (Lipinski definition) is 7. The summed E-state index contributed by atoms with van der Waals surface area (Å²) in [4.78, 5) is 35.9. The van der Waals surface area contributed by atoms with Crippen LogP contribution in [0.4, 0.5) is 5.69 Å². The van der Waals surface area contributed by atoms with Crippen LogP contribution in [0, 0.1) is 6.92 Å². The number of rotatable bonds is 3. The highest BCUT2D eigenvalue weighted by Crippen LogP contribution is 2.37. The van der Waals surface area contributed by atoms with Crippen LogP contribution in [-0.2, 0) is 9.53 Å². The maximum atomic E-state index is 12.8. The van der Waals surface area contributed by atoms with Crippen LogP contribution < -0.4 is 4.90 Å². The van der Waals surface area contributed by atoms with Gasteiger partial charge in [0.25, 0.3) is 17.5 Å². The third-order valence-electron chi connectivity index (χ3n) is 4.48. The van der Waals surface area contributed by atoms with E-state index in [-0.39, 0.29) is 18.3 Å². The second-order valence-electron chi connectivity index (χ2n) is 6.54. The molecule has 3 heterocycles. The Morgan fingerprint density at radius 2 is 2.11 bits per heavy atom. The molecule has 1 unspecified atom stereocenters. The molecule has 0 bridgehead atoms. The first-order valence-electron chi connectivity index (χ1n) is 8.94. The molecule has 1 atom stereocenters. The number of nitrogens with zero attached hydrogens (tertiary/aromatic N) is 5. The molecule has 28 heavy (non-hydrogen) atoms. The summed E-state index contributed by atoms with van der Waals surface area (Å²) in [6.45, 7) is 4.18. The molecule has 9 heteroatoms. The first-order valence-corrected chi connectivity index (χ1v) is 9.82. The van der Waals surface area contributed by atoms with E-state index in [0.29, 0.717) is 17.6 Å². The fourth-order valence-corrected chi connectivity index (χ4v) is 4.12. The maximum Gasteiger partial charge on any atom is 0.378 e.